The van der Waals surface area contributed by atoms with Gasteiger partial charge in [0, 0.05) is 11.9 Å². The summed E-state index contributed by atoms with van der Waals surface area (Å²) in [7, 11) is 0. The molecule has 0 aliphatic carbocycles. The maximum Gasteiger partial charge on any atom is 0.230 e. The van der Waals surface area contributed by atoms with Crippen molar-refractivity contribution in [2.45, 2.75) is 26.4 Å². The van der Waals surface area contributed by atoms with Gasteiger partial charge in [0.15, 0.2) is 5.82 Å². The topological polar surface area (TPSA) is 101 Å². The van der Waals surface area contributed by atoms with E-state index in [1.54, 1.807) is 12.1 Å². The first-order valence-corrected chi connectivity index (χ1v) is 9.28. The average molecular weight is 385 g/mol. The van der Waals surface area contributed by atoms with E-state index < -0.39 is 0 Å². The van der Waals surface area contributed by atoms with Crippen molar-refractivity contribution < 1.29 is 4.79 Å². The predicted molar refractivity (Wildman–Crippen MR) is 108 cm³/mol. The number of amides is 1. The lowest BCUT2D eigenvalue weighted by Crippen LogP contribution is -2.15. The molecule has 8 heteroatoms. The number of nitrogens with one attached hydrogen (secondary N) is 1. The number of hydrogen-bond donors (Lipinski definition) is 1. The van der Waals surface area contributed by atoms with Crippen LogP contribution in [-0.2, 0) is 24.3 Å². The minimum Gasteiger partial charge on any atom is -0.308 e. The molecule has 2 heterocycles. The van der Waals surface area contributed by atoms with Crippen molar-refractivity contribution in [1.82, 2.24) is 24.8 Å². The Morgan fingerprint density at radius 3 is 2.66 bits per heavy atom. The zero-order valence-electron chi connectivity index (χ0n) is 15.9. The van der Waals surface area contributed by atoms with Gasteiger partial charge in [-0.15, -0.1) is 5.10 Å². The van der Waals surface area contributed by atoms with Crippen molar-refractivity contribution in [2.75, 3.05) is 5.32 Å². The van der Waals surface area contributed by atoms with E-state index in [0.29, 0.717) is 17.9 Å². The average Bonchev–Trinajstić information content (AvgIpc) is 3.34. The maximum absolute atomic E-state index is 12.4. The second-order valence-electron chi connectivity index (χ2n) is 6.65. The Balaban J connectivity index is 1.38. The van der Waals surface area contributed by atoms with Gasteiger partial charge in [0.05, 0.1) is 42.5 Å². The Bertz CT molecular complexity index is 1200. The van der Waals surface area contributed by atoms with Gasteiger partial charge in [0.1, 0.15) is 0 Å². The fourth-order valence-electron chi connectivity index (χ4n) is 3.15. The molecule has 8 nitrogen and oxygen atoms in total. The van der Waals surface area contributed by atoms with E-state index in [1.165, 1.54) is 11.0 Å². The molecule has 0 atom stereocenters. The molecule has 0 bridgehead atoms. The number of carbonyl (C=O) groups is 1. The summed E-state index contributed by atoms with van der Waals surface area (Å²) in [5.41, 5.74) is 3.55. The Kier molecular flexibility index (Phi) is 5.03. The van der Waals surface area contributed by atoms with Crippen LogP contribution in [0.3, 0.4) is 0 Å². The molecular weight excluding hydrogens is 366 g/mol. The van der Waals surface area contributed by atoms with Crippen LogP contribution in [0.15, 0.2) is 54.9 Å². The largest absolute Gasteiger partial charge is 0.308 e. The number of aromatic nitrogens is 5. The second kappa shape index (κ2) is 7.94. The summed E-state index contributed by atoms with van der Waals surface area (Å²) in [6.07, 6.45) is 3.58. The molecule has 29 heavy (non-hydrogen) atoms. The van der Waals surface area contributed by atoms with Crippen LogP contribution in [0.4, 0.5) is 5.82 Å². The molecule has 1 amide bonds. The van der Waals surface area contributed by atoms with Crippen LogP contribution < -0.4 is 5.32 Å². The normalized spacial score (nSPS) is 10.8. The molecule has 0 aliphatic rings. The number of hydrogen-bond acceptors (Lipinski definition) is 5. The number of fused-ring (bicyclic) bond motifs is 1. The van der Waals surface area contributed by atoms with Crippen LogP contribution in [0.2, 0.25) is 0 Å². The van der Waals surface area contributed by atoms with E-state index in [2.05, 4.69) is 26.7 Å². The van der Waals surface area contributed by atoms with Gasteiger partial charge in [-0.1, -0.05) is 18.2 Å². The van der Waals surface area contributed by atoms with Gasteiger partial charge in [0.2, 0.25) is 5.91 Å². The molecule has 0 unspecified atom stereocenters. The number of carbonyl (C=O) groups excluding carboxylic acids is 1. The first kappa shape index (κ1) is 18.4. The standard InChI is InChI=1S/C21H19N7O/c1-2-27-19-8-7-17(9-18(19)12-23-27)10-21(29)25-20-13-24-28(26-20)14-16-5-3-15(11-22)4-6-16/h3-9,12-13H,2,10,14H2,1H3,(H,25,26,29). The quantitative estimate of drug-likeness (QED) is 0.550. The monoisotopic (exact) mass is 385 g/mol. The van der Waals surface area contributed by atoms with Gasteiger partial charge in [-0.3, -0.25) is 9.48 Å². The molecule has 0 aliphatic heterocycles. The summed E-state index contributed by atoms with van der Waals surface area (Å²) in [4.78, 5) is 13.9. The van der Waals surface area contributed by atoms with Crippen LogP contribution in [0.5, 0.6) is 0 Å². The van der Waals surface area contributed by atoms with Crippen molar-refractivity contribution in [3.8, 4) is 6.07 Å². The molecule has 0 saturated carbocycles. The van der Waals surface area contributed by atoms with Gasteiger partial charge in [-0.05, 0) is 42.3 Å². The van der Waals surface area contributed by atoms with E-state index in [1.807, 2.05) is 48.1 Å². The van der Waals surface area contributed by atoms with Crippen molar-refractivity contribution in [3.05, 3.63) is 71.5 Å². The highest BCUT2D eigenvalue weighted by Crippen LogP contribution is 2.16. The van der Waals surface area contributed by atoms with Gasteiger partial charge in [-0.25, -0.2) is 0 Å². The number of aryl methyl sites for hydroxylation is 1. The second-order valence-corrected chi connectivity index (χ2v) is 6.65. The van der Waals surface area contributed by atoms with Crippen LogP contribution in [0, 0.1) is 11.3 Å². The third-order valence-corrected chi connectivity index (χ3v) is 4.58. The molecule has 1 N–H and O–H groups in total. The van der Waals surface area contributed by atoms with E-state index in [-0.39, 0.29) is 12.3 Å². The first-order valence-electron chi connectivity index (χ1n) is 9.28. The summed E-state index contributed by atoms with van der Waals surface area (Å²) in [5, 5.41) is 25.5. The Hall–Kier alpha value is -3.99. The molecule has 2 aromatic heterocycles. The van der Waals surface area contributed by atoms with Crippen LogP contribution in [0.25, 0.3) is 10.9 Å². The van der Waals surface area contributed by atoms with Gasteiger partial charge in [0.25, 0.3) is 0 Å². The van der Waals surface area contributed by atoms with Crippen LogP contribution in [-0.4, -0.2) is 30.7 Å². The fourth-order valence-corrected chi connectivity index (χ4v) is 3.15. The van der Waals surface area contributed by atoms with Gasteiger partial charge < -0.3 is 5.32 Å². The summed E-state index contributed by atoms with van der Waals surface area (Å²) in [6, 6.07) is 15.2. The Morgan fingerprint density at radius 1 is 1.10 bits per heavy atom. The van der Waals surface area contributed by atoms with E-state index in [9.17, 15) is 4.79 Å². The van der Waals surface area contributed by atoms with Crippen molar-refractivity contribution in [1.29, 1.82) is 5.26 Å². The smallest absolute Gasteiger partial charge is 0.230 e. The highest BCUT2D eigenvalue weighted by molar-refractivity contribution is 5.92. The third-order valence-electron chi connectivity index (χ3n) is 4.58. The molecule has 0 spiro atoms. The zero-order valence-corrected chi connectivity index (χ0v) is 15.9. The lowest BCUT2D eigenvalue weighted by Gasteiger charge is -2.04. The minimum atomic E-state index is -0.155. The molecule has 0 fully saturated rings. The Morgan fingerprint density at radius 2 is 1.90 bits per heavy atom. The molecule has 0 saturated heterocycles. The molecule has 4 aromatic rings. The molecule has 0 radical (unpaired) electrons. The highest BCUT2D eigenvalue weighted by atomic mass is 16.1. The predicted octanol–water partition coefficient (Wildman–Crippen LogP) is 2.75. The fraction of sp³-hybridized carbons (Fsp3) is 0.190. The van der Waals surface area contributed by atoms with Gasteiger partial charge >= 0.3 is 0 Å². The summed E-state index contributed by atoms with van der Waals surface area (Å²) >= 11 is 0. The van der Waals surface area contributed by atoms with Crippen LogP contribution >= 0.6 is 0 Å². The number of nitrogens with zero attached hydrogens (tertiary/aromatic N) is 6. The molecule has 4 rings (SSSR count). The van der Waals surface area contributed by atoms with Crippen molar-refractivity contribution >= 4 is 22.6 Å². The molecular formula is C21H19N7O. The number of benzene rings is 2. The lowest BCUT2D eigenvalue weighted by atomic mass is 10.1. The number of anilines is 1. The maximum atomic E-state index is 12.4. The van der Waals surface area contributed by atoms with E-state index >= 15 is 0 Å². The van der Waals surface area contributed by atoms with Gasteiger partial charge in [-0.2, -0.15) is 20.3 Å². The summed E-state index contributed by atoms with van der Waals surface area (Å²) in [5.74, 6) is 0.251. The SMILES string of the molecule is CCn1ncc2cc(CC(=O)Nc3cnn(Cc4ccc(C#N)cc4)n3)ccc21. The zero-order chi connectivity index (χ0) is 20.2. The minimum absolute atomic E-state index is 0.155. The Labute approximate surface area is 167 Å². The molecule has 2 aromatic carbocycles. The first-order chi connectivity index (χ1) is 14.1. The van der Waals surface area contributed by atoms with E-state index in [0.717, 1.165) is 28.6 Å². The van der Waals surface area contributed by atoms with Crippen molar-refractivity contribution in [2.24, 2.45) is 0 Å². The third kappa shape index (κ3) is 4.14. The van der Waals surface area contributed by atoms with E-state index in [4.69, 9.17) is 5.26 Å². The molecule has 144 valence electrons. The van der Waals surface area contributed by atoms with Crippen molar-refractivity contribution in [3.63, 3.8) is 0 Å². The summed E-state index contributed by atoms with van der Waals surface area (Å²) in [6.45, 7) is 3.31. The van der Waals surface area contributed by atoms with Crippen LogP contribution in [0.1, 0.15) is 23.6 Å². The summed E-state index contributed by atoms with van der Waals surface area (Å²) < 4.78 is 1.92. The number of rotatable bonds is 6. The number of nitriles is 1. The highest BCUT2D eigenvalue weighted by Gasteiger charge is 2.09. The lowest BCUT2D eigenvalue weighted by molar-refractivity contribution is -0.115.